The quantitative estimate of drug-likeness (QED) is 0.490. The van der Waals surface area contributed by atoms with Gasteiger partial charge in [0.1, 0.15) is 18.2 Å². The Bertz CT molecular complexity index is 1030. The van der Waals surface area contributed by atoms with Gasteiger partial charge in [-0.05, 0) is 54.7 Å². The molecule has 154 valence electrons. The first-order valence-electron chi connectivity index (χ1n) is 9.81. The lowest BCUT2D eigenvalue weighted by Gasteiger charge is -2.10. The summed E-state index contributed by atoms with van der Waals surface area (Å²) in [5.41, 5.74) is 2.40. The van der Waals surface area contributed by atoms with Crippen molar-refractivity contribution in [2.75, 3.05) is 13.7 Å². The van der Waals surface area contributed by atoms with E-state index in [0.717, 1.165) is 23.8 Å². The second-order valence-electron chi connectivity index (χ2n) is 7.25. The van der Waals surface area contributed by atoms with Crippen LogP contribution in [0.1, 0.15) is 28.8 Å². The van der Waals surface area contributed by atoms with E-state index in [2.05, 4.69) is 9.72 Å². The van der Waals surface area contributed by atoms with E-state index in [9.17, 15) is 9.18 Å². The second-order valence-corrected chi connectivity index (χ2v) is 7.25. The SMILES string of the molecule is COC(=O)c1ccc(COc2cccc(-c3ccc(OCC4CC4)nc3)c2)c(F)c1. The maximum Gasteiger partial charge on any atom is 0.337 e. The third kappa shape index (κ3) is 4.95. The van der Waals surface area contributed by atoms with Gasteiger partial charge in [0.25, 0.3) is 0 Å². The minimum atomic E-state index is -0.577. The number of hydrogen-bond acceptors (Lipinski definition) is 5. The third-order valence-electron chi connectivity index (χ3n) is 4.94. The first-order chi connectivity index (χ1) is 14.6. The second kappa shape index (κ2) is 8.95. The minimum Gasteiger partial charge on any atom is -0.489 e. The molecule has 30 heavy (non-hydrogen) atoms. The van der Waals surface area contributed by atoms with Gasteiger partial charge in [-0.1, -0.05) is 18.2 Å². The monoisotopic (exact) mass is 407 g/mol. The number of pyridine rings is 1. The van der Waals surface area contributed by atoms with Crippen LogP contribution in [0, 0.1) is 11.7 Å². The number of halogens is 1. The summed E-state index contributed by atoms with van der Waals surface area (Å²) < 4.78 is 30.3. The van der Waals surface area contributed by atoms with Crippen LogP contribution in [0.25, 0.3) is 11.1 Å². The molecule has 0 aliphatic heterocycles. The average molecular weight is 407 g/mol. The van der Waals surface area contributed by atoms with Crippen molar-refractivity contribution >= 4 is 5.97 Å². The largest absolute Gasteiger partial charge is 0.489 e. The molecule has 1 aliphatic rings. The van der Waals surface area contributed by atoms with Crippen LogP contribution < -0.4 is 9.47 Å². The molecule has 0 radical (unpaired) electrons. The van der Waals surface area contributed by atoms with Crippen molar-refractivity contribution in [2.45, 2.75) is 19.4 Å². The minimum absolute atomic E-state index is 0.0446. The fourth-order valence-electron chi connectivity index (χ4n) is 2.96. The molecule has 1 heterocycles. The van der Waals surface area contributed by atoms with Crippen molar-refractivity contribution in [3.8, 4) is 22.8 Å². The van der Waals surface area contributed by atoms with Gasteiger partial charge >= 0.3 is 5.97 Å². The average Bonchev–Trinajstić information content (AvgIpc) is 3.61. The van der Waals surface area contributed by atoms with Crippen molar-refractivity contribution in [1.82, 2.24) is 4.98 Å². The number of ether oxygens (including phenoxy) is 3. The van der Waals surface area contributed by atoms with Crippen LogP contribution >= 0.6 is 0 Å². The predicted molar refractivity (Wildman–Crippen MR) is 110 cm³/mol. The van der Waals surface area contributed by atoms with Crippen LogP contribution in [0.2, 0.25) is 0 Å². The van der Waals surface area contributed by atoms with E-state index in [1.807, 2.05) is 36.4 Å². The summed E-state index contributed by atoms with van der Waals surface area (Å²) in [5, 5.41) is 0. The molecule has 0 N–H and O–H groups in total. The summed E-state index contributed by atoms with van der Waals surface area (Å²) in [6, 6.07) is 15.5. The number of carbonyl (C=O) groups excluding carboxylic acids is 1. The molecule has 2 aromatic carbocycles. The van der Waals surface area contributed by atoms with E-state index in [-0.39, 0.29) is 12.2 Å². The normalized spacial score (nSPS) is 13.0. The highest BCUT2D eigenvalue weighted by atomic mass is 19.1. The lowest BCUT2D eigenvalue weighted by molar-refractivity contribution is 0.0600. The van der Waals surface area contributed by atoms with E-state index in [4.69, 9.17) is 9.47 Å². The van der Waals surface area contributed by atoms with Gasteiger partial charge < -0.3 is 14.2 Å². The number of aromatic nitrogens is 1. The third-order valence-corrected chi connectivity index (χ3v) is 4.94. The molecule has 0 amide bonds. The van der Waals surface area contributed by atoms with Crippen LogP contribution in [-0.2, 0) is 11.3 Å². The zero-order valence-corrected chi connectivity index (χ0v) is 16.6. The molecule has 5 nitrogen and oxygen atoms in total. The Morgan fingerprint density at radius 2 is 1.93 bits per heavy atom. The number of nitrogens with zero attached hydrogens (tertiary/aromatic N) is 1. The Morgan fingerprint density at radius 3 is 2.63 bits per heavy atom. The highest BCUT2D eigenvalue weighted by Crippen LogP contribution is 2.30. The Hall–Kier alpha value is -3.41. The molecule has 1 aliphatic carbocycles. The lowest BCUT2D eigenvalue weighted by Crippen LogP contribution is -2.04. The topological polar surface area (TPSA) is 57.7 Å². The Labute approximate surface area is 174 Å². The number of rotatable bonds is 8. The van der Waals surface area contributed by atoms with Gasteiger partial charge in [0.05, 0.1) is 19.3 Å². The van der Waals surface area contributed by atoms with Gasteiger partial charge in [0.15, 0.2) is 0 Å². The Kier molecular flexibility index (Phi) is 5.93. The number of carbonyl (C=O) groups is 1. The number of hydrogen-bond donors (Lipinski definition) is 0. The Balaban J connectivity index is 1.40. The maximum absolute atomic E-state index is 14.2. The van der Waals surface area contributed by atoms with Gasteiger partial charge in [-0.2, -0.15) is 0 Å². The van der Waals surface area contributed by atoms with E-state index >= 15 is 0 Å². The molecule has 0 unspecified atom stereocenters. The van der Waals surface area contributed by atoms with Gasteiger partial charge in [0, 0.05) is 23.4 Å². The molecule has 3 aromatic rings. The fraction of sp³-hybridized carbons (Fsp3) is 0.250. The molecule has 0 atom stereocenters. The fourth-order valence-corrected chi connectivity index (χ4v) is 2.96. The molecule has 0 saturated heterocycles. The summed E-state index contributed by atoms with van der Waals surface area (Å²) in [6.07, 6.45) is 4.25. The van der Waals surface area contributed by atoms with Crippen molar-refractivity contribution in [2.24, 2.45) is 5.92 Å². The highest BCUT2D eigenvalue weighted by molar-refractivity contribution is 5.89. The summed E-state index contributed by atoms with van der Waals surface area (Å²) in [5.74, 6) is 0.829. The number of methoxy groups -OCH3 is 1. The molecular weight excluding hydrogens is 385 g/mol. The summed E-state index contributed by atoms with van der Waals surface area (Å²) in [4.78, 5) is 15.9. The smallest absolute Gasteiger partial charge is 0.337 e. The van der Waals surface area contributed by atoms with Crippen LogP contribution in [0.3, 0.4) is 0 Å². The van der Waals surface area contributed by atoms with Crippen LogP contribution in [-0.4, -0.2) is 24.7 Å². The zero-order valence-electron chi connectivity index (χ0n) is 16.6. The van der Waals surface area contributed by atoms with Crippen molar-refractivity contribution in [3.05, 3.63) is 77.7 Å². The molecule has 0 bridgehead atoms. The number of esters is 1. The molecule has 1 fully saturated rings. The van der Waals surface area contributed by atoms with Gasteiger partial charge in [-0.15, -0.1) is 0 Å². The molecule has 1 aromatic heterocycles. The highest BCUT2D eigenvalue weighted by Gasteiger charge is 2.22. The molecule has 1 saturated carbocycles. The van der Waals surface area contributed by atoms with E-state index in [0.29, 0.717) is 23.1 Å². The van der Waals surface area contributed by atoms with E-state index < -0.39 is 11.8 Å². The zero-order chi connectivity index (χ0) is 20.9. The molecule has 0 spiro atoms. The molecular formula is C24H22FNO4. The lowest BCUT2D eigenvalue weighted by atomic mass is 10.1. The molecule has 4 rings (SSSR count). The standard InChI is InChI=1S/C24H22FNO4/c1-28-24(27)18-7-8-20(22(25)12-18)15-29-21-4-2-3-17(11-21)19-9-10-23(26-13-19)30-14-16-5-6-16/h2-4,7-13,16H,5-6,14-15H2,1H3. The van der Waals surface area contributed by atoms with Crippen molar-refractivity contribution in [1.29, 1.82) is 0 Å². The van der Waals surface area contributed by atoms with Crippen molar-refractivity contribution < 1.29 is 23.4 Å². The number of benzene rings is 2. The van der Waals surface area contributed by atoms with Gasteiger partial charge in [-0.3, -0.25) is 0 Å². The first-order valence-corrected chi connectivity index (χ1v) is 9.81. The van der Waals surface area contributed by atoms with Crippen LogP contribution in [0.15, 0.2) is 60.8 Å². The first kappa shape index (κ1) is 19.9. The summed E-state index contributed by atoms with van der Waals surface area (Å²) >= 11 is 0. The summed E-state index contributed by atoms with van der Waals surface area (Å²) in [7, 11) is 1.26. The predicted octanol–water partition coefficient (Wildman–Crippen LogP) is 5.04. The summed E-state index contributed by atoms with van der Waals surface area (Å²) in [6.45, 7) is 0.774. The van der Waals surface area contributed by atoms with Gasteiger partial charge in [0.2, 0.25) is 5.88 Å². The van der Waals surface area contributed by atoms with E-state index in [1.54, 1.807) is 6.20 Å². The molecule has 6 heteroatoms. The Morgan fingerprint density at radius 1 is 1.07 bits per heavy atom. The van der Waals surface area contributed by atoms with Crippen LogP contribution in [0.4, 0.5) is 4.39 Å². The van der Waals surface area contributed by atoms with Gasteiger partial charge in [-0.25, -0.2) is 14.2 Å². The van der Waals surface area contributed by atoms with E-state index in [1.165, 1.54) is 32.1 Å². The van der Waals surface area contributed by atoms with Crippen LogP contribution in [0.5, 0.6) is 11.6 Å². The van der Waals surface area contributed by atoms with Crippen molar-refractivity contribution in [3.63, 3.8) is 0 Å². The maximum atomic E-state index is 14.2.